The molecule has 0 saturated heterocycles. The molecule has 1 fully saturated rings. The number of aromatic nitrogens is 3. The Hall–Kier alpha value is -1.15. The van der Waals surface area contributed by atoms with Gasteiger partial charge in [-0.05, 0) is 19.3 Å². The van der Waals surface area contributed by atoms with Gasteiger partial charge in [-0.15, -0.1) is 10.2 Å². The molecule has 8 heteroatoms. The van der Waals surface area contributed by atoms with Crippen LogP contribution in [0.25, 0.3) is 0 Å². The summed E-state index contributed by atoms with van der Waals surface area (Å²) in [6.07, 6.45) is -2.58. The fraction of sp³-hybridized carbons (Fsp3) is 0.846. The number of methoxy groups -OCH3 is 1. The van der Waals surface area contributed by atoms with E-state index in [9.17, 15) is 13.2 Å². The molecule has 0 amide bonds. The van der Waals surface area contributed by atoms with Gasteiger partial charge in [-0.1, -0.05) is 6.42 Å². The van der Waals surface area contributed by atoms with Crippen molar-refractivity contribution in [2.24, 2.45) is 11.7 Å². The molecule has 21 heavy (non-hydrogen) atoms. The Morgan fingerprint density at radius 2 is 2.10 bits per heavy atom. The molecule has 2 rings (SSSR count). The highest BCUT2D eigenvalue weighted by Gasteiger charge is 2.43. The zero-order chi connectivity index (χ0) is 15.5. The molecule has 2 atom stereocenters. The lowest BCUT2D eigenvalue weighted by atomic mass is 9.80. The summed E-state index contributed by atoms with van der Waals surface area (Å²) >= 11 is 0. The first-order valence-corrected chi connectivity index (χ1v) is 7.15. The summed E-state index contributed by atoms with van der Waals surface area (Å²) in [6, 6.07) is 0. The van der Waals surface area contributed by atoms with Gasteiger partial charge in [-0.2, -0.15) is 13.2 Å². The second-order valence-corrected chi connectivity index (χ2v) is 5.43. The topological polar surface area (TPSA) is 66.0 Å². The molecule has 2 N–H and O–H groups in total. The van der Waals surface area contributed by atoms with E-state index in [0.29, 0.717) is 37.6 Å². The molecule has 1 aliphatic rings. The number of hydrogen-bond donors (Lipinski definition) is 1. The summed E-state index contributed by atoms with van der Waals surface area (Å²) < 4.78 is 45.6. The van der Waals surface area contributed by atoms with Crippen molar-refractivity contribution in [1.29, 1.82) is 0 Å². The lowest BCUT2D eigenvalue weighted by Crippen LogP contribution is -2.29. The summed E-state index contributed by atoms with van der Waals surface area (Å²) in [5.41, 5.74) is 5.62. The molecule has 1 heterocycles. The SMILES string of the molecule is COCCn1c(CN)nnc1C1CCCC(C(F)(F)F)C1. The van der Waals surface area contributed by atoms with E-state index in [1.54, 1.807) is 7.11 Å². The van der Waals surface area contributed by atoms with Gasteiger partial charge < -0.3 is 15.0 Å². The minimum atomic E-state index is -4.13. The summed E-state index contributed by atoms with van der Waals surface area (Å²) in [7, 11) is 1.58. The number of halogens is 3. The van der Waals surface area contributed by atoms with Crippen molar-refractivity contribution >= 4 is 0 Å². The molecule has 5 nitrogen and oxygen atoms in total. The van der Waals surface area contributed by atoms with Crippen LogP contribution in [0.2, 0.25) is 0 Å². The Labute approximate surface area is 121 Å². The van der Waals surface area contributed by atoms with Crippen LogP contribution in [0.15, 0.2) is 0 Å². The predicted molar refractivity (Wildman–Crippen MR) is 70.5 cm³/mol. The van der Waals surface area contributed by atoms with E-state index in [2.05, 4.69) is 10.2 Å². The van der Waals surface area contributed by atoms with Crippen LogP contribution in [-0.4, -0.2) is 34.7 Å². The number of rotatable bonds is 5. The molecule has 0 bridgehead atoms. The number of nitrogens with zero attached hydrogens (tertiary/aromatic N) is 3. The van der Waals surface area contributed by atoms with E-state index < -0.39 is 12.1 Å². The highest BCUT2D eigenvalue weighted by Crippen LogP contribution is 2.43. The molecule has 1 aliphatic carbocycles. The minimum absolute atomic E-state index is 0.0825. The fourth-order valence-corrected chi connectivity index (χ4v) is 2.95. The van der Waals surface area contributed by atoms with Crippen LogP contribution in [0.5, 0.6) is 0 Å². The van der Waals surface area contributed by atoms with Crippen LogP contribution in [-0.2, 0) is 17.8 Å². The summed E-state index contributed by atoms with van der Waals surface area (Å²) in [6.45, 7) is 1.18. The molecule has 0 aliphatic heterocycles. The maximum absolute atomic E-state index is 12.9. The Morgan fingerprint density at radius 1 is 1.33 bits per heavy atom. The van der Waals surface area contributed by atoms with Crippen molar-refractivity contribution in [3.63, 3.8) is 0 Å². The summed E-state index contributed by atoms with van der Waals surface area (Å²) in [5, 5.41) is 8.09. The highest BCUT2D eigenvalue weighted by atomic mass is 19.4. The maximum Gasteiger partial charge on any atom is 0.391 e. The van der Waals surface area contributed by atoms with E-state index in [1.165, 1.54) is 0 Å². The van der Waals surface area contributed by atoms with Gasteiger partial charge in [0.2, 0.25) is 0 Å². The second kappa shape index (κ2) is 6.74. The highest BCUT2D eigenvalue weighted by molar-refractivity contribution is 5.04. The minimum Gasteiger partial charge on any atom is -0.383 e. The van der Waals surface area contributed by atoms with Gasteiger partial charge in [0.15, 0.2) is 0 Å². The van der Waals surface area contributed by atoms with E-state index in [0.717, 1.165) is 0 Å². The van der Waals surface area contributed by atoms with Crippen LogP contribution in [0.4, 0.5) is 13.2 Å². The fourth-order valence-electron chi connectivity index (χ4n) is 2.95. The second-order valence-electron chi connectivity index (χ2n) is 5.43. The lowest BCUT2D eigenvalue weighted by molar-refractivity contribution is -0.183. The van der Waals surface area contributed by atoms with Crippen molar-refractivity contribution in [3.8, 4) is 0 Å². The van der Waals surface area contributed by atoms with Crippen molar-refractivity contribution in [2.45, 2.75) is 50.9 Å². The summed E-state index contributed by atoms with van der Waals surface area (Å²) in [4.78, 5) is 0. The normalized spacial score (nSPS) is 23.5. The largest absolute Gasteiger partial charge is 0.391 e. The van der Waals surface area contributed by atoms with Crippen molar-refractivity contribution in [3.05, 3.63) is 11.6 Å². The first kappa shape index (κ1) is 16.2. The van der Waals surface area contributed by atoms with Gasteiger partial charge in [-0.3, -0.25) is 0 Å². The van der Waals surface area contributed by atoms with Gasteiger partial charge in [0.05, 0.1) is 19.1 Å². The van der Waals surface area contributed by atoms with Crippen LogP contribution in [0, 0.1) is 5.92 Å². The monoisotopic (exact) mass is 306 g/mol. The average molecular weight is 306 g/mol. The molecule has 2 unspecified atom stereocenters. The van der Waals surface area contributed by atoms with Gasteiger partial charge >= 0.3 is 6.18 Å². The molecule has 1 saturated carbocycles. The Bertz CT molecular complexity index is 461. The van der Waals surface area contributed by atoms with E-state index in [4.69, 9.17) is 10.5 Å². The standard InChI is InChI=1S/C13H21F3N4O/c1-21-6-5-20-11(8-17)18-19-12(20)9-3-2-4-10(7-9)13(14,15)16/h9-10H,2-8,17H2,1H3. The molecule has 1 aromatic rings. The number of ether oxygens (including phenoxy) is 1. The van der Waals surface area contributed by atoms with Gasteiger partial charge in [0.25, 0.3) is 0 Å². The smallest absolute Gasteiger partial charge is 0.383 e. The van der Waals surface area contributed by atoms with Crippen LogP contribution in [0.1, 0.15) is 43.3 Å². The van der Waals surface area contributed by atoms with Crippen LogP contribution < -0.4 is 5.73 Å². The van der Waals surface area contributed by atoms with Gasteiger partial charge in [0.1, 0.15) is 11.6 Å². The third-order valence-electron chi connectivity index (χ3n) is 4.06. The Kier molecular flexibility index (Phi) is 5.21. The first-order chi connectivity index (χ1) is 9.97. The summed E-state index contributed by atoms with van der Waals surface area (Å²) in [5.74, 6) is -0.252. The number of hydrogen-bond acceptors (Lipinski definition) is 4. The zero-order valence-corrected chi connectivity index (χ0v) is 12.1. The van der Waals surface area contributed by atoms with Gasteiger partial charge in [-0.25, -0.2) is 0 Å². The zero-order valence-electron chi connectivity index (χ0n) is 12.1. The number of nitrogens with two attached hydrogens (primary N) is 1. The molecule has 0 spiro atoms. The average Bonchev–Trinajstić information content (AvgIpc) is 2.87. The molecule has 0 radical (unpaired) electrons. The molecular formula is C13H21F3N4O. The van der Waals surface area contributed by atoms with Crippen molar-refractivity contribution in [1.82, 2.24) is 14.8 Å². The van der Waals surface area contributed by atoms with Crippen LogP contribution in [0.3, 0.4) is 0 Å². The van der Waals surface area contributed by atoms with Gasteiger partial charge in [0, 0.05) is 19.6 Å². The molecule has 1 aromatic heterocycles. The number of alkyl halides is 3. The van der Waals surface area contributed by atoms with E-state index >= 15 is 0 Å². The van der Waals surface area contributed by atoms with E-state index in [1.807, 2.05) is 4.57 Å². The van der Waals surface area contributed by atoms with Crippen LogP contribution >= 0.6 is 0 Å². The first-order valence-electron chi connectivity index (χ1n) is 7.15. The Morgan fingerprint density at radius 3 is 2.71 bits per heavy atom. The third-order valence-corrected chi connectivity index (χ3v) is 4.06. The molecule has 120 valence electrons. The Balaban J connectivity index is 2.18. The third kappa shape index (κ3) is 3.74. The quantitative estimate of drug-likeness (QED) is 0.906. The van der Waals surface area contributed by atoms with Crippen molar-refractivity contribution < 1.29 is 17.9 Å². The lowest BCUT2D eigenvalue weighted by Gasteiger charge is -2.30. The molecule has 0 aromatic carbocycles. The predicted octanol–water partition coefficient (Wildman–Crippen LogP) is 2.22. The van der Waals surface area contributed by atoms with Crippen molar-refractivity contribution in [2.75, 3.05) is 13.7 Å². The molecular weight excluding hydrogens is 285 g/mol. The van der Waals surface area contributed by atoms with E-state index in [-0.39, 0.29) is 25.3 Å². The maximum atomic E-state index is 12.9.